The molecule has 0 saturated heterocycles. The molecule has 0 aromatic heterocycles. The van der Waals surface area contributed by atoms with Crippen LogP contribution in [0.1, 0.15) is 29.5 Å². The number of hydrogen-bond donors (Lipinski definition) is 1. The average molecular weight is 179 g/mol. The van der Waals surface area contributed by atoms with Gasteiger partial charge in [0.05, 0.1) is 0 Å². The van der Waals surface area contributed by atoms with E-state index in [2.05, 4.69) is 0 Å². The summed E-state index contributed by atoms with van der Waals surface area (Å²) >= 11 is 0. The highest BCUT2D eigenvalue weighted by Crippen LogP contribution is 2.43. The van der Waals surface area contributed by atoms with Crippen LogP contribution in [0.25, 0.3) is 0 Å². The van der Waals surface area contributed by atoms with Crippen molar-refractivity contribution in [3.63, 3.8) is 0 Å². The summed E-state index contributed by atoms with van der Waals surface area (Å²) in [6.45, 7) is 3.58. The molecule has 0 unspecified atom stereocenters. The second-order valence-corrected chi connectivity index (χ2v) is 4.08. The van der Waals surface area contributed by atoms with E-state index < -0.39 is 0 Å². The molecule has 2 heteroatoms. The fourth-order valence-electron chi connectivity index (χ4n) is 1.66. The highest BCUT2D eigenvalue weighted by atomic mass is 19.1. The Kier molecular flexibility index (Phi) is 1.70. The number of rotatable bonds is 1. The minimum Gasteiger partial charge on any atom is -0.321 e. The topological polar surface area (TPSA) is 26.0 Å². The molecule has 0 radical (unpaired) electrons. The minimum absolute atomic E-state index is 0.104. The molecule has 70 valence electrons. The van der Waals surface area contributed by atoms with Gasteiger partial charge >= 0.3 is 0 Å². The molecule has 0 spiro atoms. The summed E-state index contributed by atoms with van der Waals surface area (Å²) in [7, 11) is 0. The van der Waals surface area contributed by atoms with E-state index in [1.54, 1.807) is 13.8 Å². The van der Waals surface area contributed by atoms with Gasteiger partial charge in [0, 0.05) is 5.54 Å². The fourth-order valence-corrected chi connectivity index (χ4v) is 1.66. The van der Waals surface area contributed by atoms with E-state index >= 15 is 0 Å². The van der Waals surface area contributed by atoms with Crippen molar-refractivity contribution >= 4 is 0 Å². The maximum Gasteiger partial charge on any atom is 0.129 e. The number of hydrogen-bond acceptors (Lipinski definition) is 1. The number of halogens is 1. The Morgan fingerprint density at radius 1 is 1.23 bits per heavy atom. The van der Waals surface area contributed by atoms with E-state index in [1.165, 1.54) is 0 Å². The van der Waals surface area contributed by atoms with Crippen LogP contribution in [0, 0.1) is 19.7 Å². The predicted octanol–water partition coefficient (Wildman–Crippen LogP) is 2.39. The van der Waals surface area contributed by atoms with Crippen molar-refractivity contribution in [2.24, 2.45) is 5.73 Å². The molecule has 0 aliphatic heterocycles. The van der Waals surface area contributed by atoms with Crippen LogP contribution >= 0.6 is 0 Å². The molecule has 1 aliphatic carbocycles. The Morgan fingerprint density at radius 3 is 2.08 bits per heavy atom. The van der Waals surface area contributed by atoms with Gasteiger partial charge in [0.1, 0.15) is 5.82 Å². The molecular weight excluding hydrogens is 165 g/mol. The van der Waals surface area contributed by atoms with Crippen LogP contribution in [0.4, 0.5) is 4.39 Å². The second kappa shape index (κ2) is 2.55. The molecule has 1 aliphatic rings. The zero-order valence-corrected chi connectivity index (χ0v) is 8.02. The van der Waals surface area contributed by atoms with Crippen LogP contribution in [0.15, 0.2) is 12.1 Å². The fraction of sp³-hybridized carbons (Fsp3) is 0.455. The van der Waals surface area contributed by atoms with Gasteiger partial charge < -0.3 is 5.73 Å². The first-order valence-electron chi connectivity index (χ1n) is 4.59. The highest BCUT2D eigenvalue weighted by Gasteiger charge is 2.40. The van der Waals surface area contributed by atoms with Crippen LogP contribution in [-0.2, 0) is 5.54 Å². The van der Waals surface area contributed by atoms with Crippen molar-refractivity contribution in [1.29, 1.82) is 0 Å². The Hall–Kier alpha value is -0.890. The summed E-state index contributed by atoms with van der Waals surface area (Å²) in [5.74, 6) is -0.104. The van der Waals surface area contributed by atoms with Gasteiger partial charge in [-0.2, -0.15) is 0 Å². The van der Waals surface area contributed by atoms with E-state index in [-0.39, 0.29) is 11.4 Å². The first-order chi connectivity index (χ1) is 6.03. The third-order valence-electron chi connectivity index (χ3n) is 2.80. The lowest BCUT2D eigenvalue weighted by atomic mass is 10.00. The van der Waals surface area contributed by atoms with E-state index in [0.717, 1.165) is 18.4 Å². The molecular formula is C11H14FN. The van der Waals surface area contributed by atoms with Crippen molar-refractivity contribution in [2.45, 2.75) is 32.2 Å². The molecule has 0 heterocycles. The van der Waals surface area contributed by atoms with Crippen LogP contribution in [0.5, 0.6) is 0 Å². The smallest absolute Gasteiger partial charge is 0.129 e. The second-order valence-electron chi connectivity index (χ2n) is 4.08. The van der Waals surface area contributed by atoms with Gasteiger partial charge in [-0.15, -0.1) is 0 Å². The SMILES string of the molecule is Cc1cc(C2(N)CC2)cc(C)c1F. The van der Waals surface area contributed by atoms with E-state index in [9.17, 15) is 4.39 Å². The molecule has 0 atom stereocenters. The minimum atomic E-state index is -0.150. The number of aryl methyl sites for hydroxylation is 2. The lowest BCUT2D eigenvalue weighted by Gasteiger charge is -2.12. The average Bonchev–Trinajstić information content (AvgIpc) is 2.80. The van der Waals surface area contributed by atoms with Gasteiger partial charge in [0.15, 0.2) is 0 Å². The van der Waals surface area contributed by atoms with E-state index in [1.807, 2.05) is 12.1 Å². The lowest BCUT2D eigenvalue weighted by molar-refractivity contribution is 0.605. The third-order valence-corrected chi connectivity index (χ3v) is 2.80. The summed E-state index contributed by atoms with van der Waals surface area (Å²) in [5, 5.41) is 0. The number of nitrogens with two attached hydrogens (primary N) is 1. The maximum absolute atomic E-state index is 13.3. The van der Waals surface area contributed by atoms with Crippen LogP contribution in [0.2, 0.25) is 0 Å². The highest BCUT2D eigenvalue weighted by molar-refractivity contribution is 5.37. The summed E-state index contributed by atoms with van der Waals surface area (Å²) in [4.78, 5) is 0. The van der Waals surface area contributed by atoms with Crippen molar-refractivity contribution in [3.8, 4) is 0 Å². The standard InChI is InChI=1S/C11H14FN/c1-7-5-9(11(13)3-4-11)6-8(2)10(7)12/h5-6H,3-4,13H2,1-2H3. The van der Waals surface area contributed by atoms with E-state index in [0.29, 0.717) is 11.1 Å². The van der Waals surface area contributed by atoms with Crippen LogP contribution in [0.3, 0.4) is 0 Å². The molecule has 13 heavy (non-hydrogen) atoms. The van der Waals surface area contributed by atoms with Crippen molar-refractivity contribution < 1.29 is 4.39 Å². The zero-order chi connectivity index (χ0) is 9.64. The molecule has 1 aromatic carbocycles. The Balaban J connectivity index is 2.50. The van der Waals surface area contributed by atoms with Gasteiger partial charge in [-0.3, -0.25) is 0 Å². The Bertz CT molecular complexity index is 330. The molecule has 1 fully saturated rings. The molecule has 2 rings (SSSR count). The van der Waals surface area contributed by atoms with Gasteiger partial charge in [-0.1, -0.05) is 12.1 Å². The quantitative estimate of drug-likeness (QED) is 0.703. The normalized spacial score (nSPS) is 18.8. The lowest BCUT2D eigenvalue weighted by Crippen LogP contribution is -2.19. The molecule has 2 N–H and O–H groups in total. The van der Waals surface area contributed by atoms with Crippen molar-refractivity contribution in [3.05, 3.63) is 34.6 Å². The maximum atomic E-state index is 13.3. The molecule has 0 amide bonds. The first kappa shape index (κ1) is 8.70. The largest absolute Gasteiger partial charge is 0.321 e. The summed E-state index contributed by atoms with van der Waals surface area (Å²) in [6, 6.07) is 3.74. The van der Waals surface area contributed by atoms with E-state index in [4.69, 9.17) is 5.73 Å². The Morgan fingerprint density at radius 2 is 1.69 bits per heavy atom. The Labute approximate surface area is 77.8 Å². The van der Waals surface area contributed by atoms with Crippen LogP contribution < -0.4 is 5.73 Å². The summed E-state index contributed by atoms with van der Waals surface area (Å²) in [6.07, 6.45) is 2.05. The van der Waals surface area contributed by atoms with Gasteiger partial charge in [0.25, 0.3) is 0 Å². The monoisotopic (exact) mass is 179 g/mol. The molecule has 0 bridgehead atoms. The molecule has 1 nitrogen and oxygen atoms in total. The molecule has 1 aromatic rings. The molecule has 1 saturated carbocycles. The van der Waals surface area contributed by atoms with Gasteiger partial charge in [-0.25, -0.2) is 4.39 Å². The van der Waals surface area contributed by atoms with Crippen molar-refractivity contribution in [2.75, 3.05) is 0 Å². The van der Waals surface area contributed by atoms with Gasteiger partial charge in [-0.05, 0) is 43.4 Å². The zero-order valence-electron chi connectivity index (χ0n) is 8.02. The van der Waals surface area contributed by atoms with Gasteiger partial charge in [0.2, 0.25) is 0 Å². The number of benzene rings is 1. The van der Waals surface area contributed by atoms with Crippen molar-refractivity contribution in [1.82, 2.24) is 0 Å². The summed E-state index contributed by atoms with van der Waals surface area (Å²) in [5.41, 5.74) is 8.37. The predicted molar refractivity (Wildman–Crippen MR) is 51.0 cm³/mol. The summed E-state index contributed by atoms with van der Waals surface area (Å²) < 4.78 is 13.3. The third kappa shape index (κ3) is 1.35. The first-order valence-corrected chi connectivity index (χ1v) is 4.59. The van der Waals surface area contributed by atoms with Crippen LogP contribution in [-0.4, -0.2) is 0 Å².